The average Bonchev–Trinajstić information content (AvgIpc) is 2.42. The minimum Gasteiger partial charge on any atom is -0.480 e. The first-order valence-electron chi connectivity index (χ1n) is 5.95. The number of para-hydroxylation sites is 1. The number of carboxylic acids is 1. The molecule has 1 aromatic heterocycles. The fraction of sp³-hybridized carbons (Fsp3) is 0.231. The molecule has 1 atom stereocenters. The summed E-state index contributed by atoms with van der Waals surface area (Å²) >= 11 is 0. The van der Waals surface area contributed by atoms with E-state index in [0.29, 0.717) is 10.9 Å². The van der Waals surface area contributed by atoms with Crippen LogP contribution in [-0.4, -0.2) is 32.6 Å². The van der Waals surface area contributed by atoms with Gasteiger partial charge in [-0.15, -0.1) is 0 Å². The largest absolute Gasteiger partial charge is 0.480 e. The Hall–Kier alpha value is -2.70. The van der Waals surface area contributed by atoms with Crippen molar-refractivity contribution < 1.29 is 14.7 Å². The molecule has 20 heavy (non-hydrogen) atoms. The highest BCUT2D eigenvalue weighted by molar-refractivity contribution is 5.83. The number of nitrogens with one attached hydrogen (secondary N) is 1. The molecule has 1 amide bonds. The van der Waals surface area contributed by atoms with Gasteiger partial charge in [-0.05, 0) is 19.1 Å². The third-order valence-electron chi connectivity index (χ3n) is 2.79. The monoisotopic (exact) mass is 275 g/mol. The lowest BCUT2D eigenvalue weighted by Crippen LogP contribution is -2.41. The molecule has 0 aliphatic carbocycles. The van der Waals surface area contributed by atoms with Gasteiger partial charge in [-0.25, -0.2) is 4.98 Å². The number of rotatable bonds is 4. The Kier molecular flexibility index (Phi) is 3.79. The number of amides is 1. The second-order valence-corrected chi connectivity index (χ2v) is 4.32. The summed E-state index contributed by atoms with van der Waals surface area (Å²) in [7, 11) is 0. The molecule has 0 spiro atoms. The highest BCUT2D eigenvalue weighted by atomic mass is 16.4. The van der Waals surface area contributed by atoms with Crippen LogP contribution in [-0.2, 0) is 16.1 Å². The first-order chi connectivity index (χ1) is 9.49. The molecule has 0 saturated heterocycles. The van der Waals surface area contributed by atoms with Gasteiger partial charge in [-0.2, -0.15) is 0 Å². The molecule has 0 unspecified atom stereocenters. The van der Waals surface area contributed by atoms with Crippen molar-refractivity contribution in [2.45, 2.75) is 19.5 Å². The van der Waals surface area contributed by atoms with Crippen LogP contribution in [0.1, 0.15) is 6.92 Å². The van der Waals surface area contributed by atoms with Crippen molar-refractivity contribution >= 4 is 22.8 Å². The molecule has 7 heteroatoms. The molecule has 0 fully saturated rings. The smallest absolute Gasteiger partial charge is 0.325 e. The number of hydrogen-bond donors (Lipinski definition) is 2. The van der Waals surface area contributed by atoms with Crippen LogP contribution in [0.3, 0.4) is 0 Å². The van der Waals surface area contributed by atoms with Crippen LogP contribution >= 0.6 is 0 Å². The molecule has 0 radical (unpaired) electrons. The predicted molar refractivity (Wildman–Crippen MR) is 71.2 cm³/mol. The van der Waals surface area contributed by atoms with Crippen molar-refractivity contribution in [1.29, 1.82) is 0 Å². The quantitative estimate of drug-likeness (QED) is 0.817. The lowest BCUT2D eigenvalue weighted by molar-refractivity contribution is -0.141. The van der Waals surface area contributed by atoms with Crippen molar-refractivity contribution in [3.05, 3.63) is 40.9 Å². The Labute approximate surface area is 113 Å². The van der Waals surface area contributed by atoms with E-state index in [9.17, 15) is 14.4 Å². The maximum absolute atomic E-state index is 12.1. The zero-order valence-corrected chi connectivity index (χ0v) is 10.7. The molecular formula is C13H13N3O4. The number of hydrogen-bond acceptors (Lipinski definition) is 4. The van der Waals surface area contributed by atoms with E-state index in [1.165, 1.54) is 13.3 Å². The van der Waals surface area contributed by atoms with Crippen LogP contribution in [0, 0.1) is 0 Å². The van der Waals surface area contributed by atoms with Gasteiger partial charge in [0, 0.05) is 0 Å². The number of fused-ring (bicyclic) bond motifs is 1. The van der Waals surface area contributed by atoms with Gasteiger partial charge in [0.25, 0.3) is 5.56 Å². The van der Waals surface area contributed by atoms with Crippen molar-refractivity contribution in [2.24, 2.45) is 0 Å². The Morgan fingerprint density at radius 3 is 2.80 bits per heavy atom. The molecule has 1 heterocycles. The summed E-state index contributed by atoms with van der Waals surface area (Å²) in [6, 6.07) is 5.79. The maximum Gasteiger partial charge on any atom is 0.325 e. The minimum atomic E-state index is -1.14. The van der Waals surface area contributed by atoms with Gasteiger partial charge >= 0.3 is 5.97 Å². The molecule has 1 aromatic carbocycles. The molecule has 2 rings (SSSR count). The van der Waals surface area contributed by atoms with E-state index < -0.39 is 17.9 Å². The van der Waals surface area contributed by atoms with Crippen molar-refractivity contribution in [3.8, 4) is 0 Å². The summed E-state index contributed by atoms with van der Waals surface area (Å²) in [6.45, 7) is 1.08. The third kappa shape index (κ3) is 2.82. The second-order valence-electron chi connectivity index (χ2n) is 4.32. The zero-order valence-electron chi connectivity index (χ0n) is 10.7. The highest BCUT2D eigenvalue weighted by Crippen LogP contribution is 2.04. The van der Waals surface area contributed by atoms with E-state index in [-0.39, 0.29) is 12.1 Å². The Morgan fingerprint density at radius 2 is 2.10 bits per heavy atom. The summed E-state index contributed by atoms with van der Waals surface area (Å²) in [5, 5.41) is 11.4. The third-order valence-corrected chi connectivity index (χ3v) is 2.79. The molecule has 0 aliphatic heterocycles. The van der Waals surface area contributed by atoms with Gasteiger partial charge in [0.15, 0.2) is 0 Å². The van der Waals surface area contributed by atoms with Crippen molar-refractivity contribution in [1.82, 2.24) is 14.9 Å². The number of carbonyl (C=O) groups is 2. The predicted octanol–water partition coefficient (Wildman–Crippen LogP) is -0.0142. The molecule has 0 aliphatic rings. The first-order valence-corrected chi connectivity index (χ1v) is 5.95. The van der Waals surface area contributed by atoms with Crippen LogP contribution in [0.25, 0.3) is 10.9 Å². The van der Waals surface area contributed by atoms with E-state index in [2.05, 4.69) is 10.3 Å². The number of aromatic nitrogens is 2. The van der Waals surface area contributed by atoms with Crippen molar-refractivity contribution in [2.75, 3.05) is 0 Å². The molecule has 104 valence electrons. The Morgan fingerprint density at radius 1 is 1.40 bits per heavy atom. The van der Waals surface area contributed by atoms with Crippen LogP contribution in [0.15, 0.2) is 35.4 Å². The van der Waals surface area contributed by atoms with E-state index in [0.717, 1.165) is 4.57 Å². The molecule has 0 saturated carbocycles. The number of aliphatic carboxylic acids is 1. The summed E-state index contributed by atoms with van der Waals surface area (Å²) in [4.78, 5) is 38.5. The maximum atomic E-state index is 12.1. The van der Waals surface area contributed by atoms with Gasteiger partial charge in [0.2, 0.25) is 5.91 Å². The molecule has 0 bridgehead atoms. The molecule has 7 nitrogen and oxygen atoms in total. The zero-order chi connectivity index (χ0) is 14.7. The number of benzene rings is 1. The lowest BCUT2D eigenvalue weighted by Gasteiger charge is -2.10. The van der Waals surface area contributed by atoms with E-state index in [1.54, 1.807) is 24.3 Å². The van der Waals surface area contributed by atoms with Crippen LogP contribution < -0.4 is 10.9 Å². The van der Waals surface area contributed by atoms with Gasteiger partial charge in [-0.3, -0.25) is 19.0 Å². The fourth-order valence-corrected chi connectivity index (χ4v) is 1.72. The second kappa shape index (κ2) is 5.52. The number of nitrogens with zero attached hydrogens (tertiary/aromatic N) is 2. The summed E-state index contributed by atoms with van der Waals surface area (Å²) < 4.78 is 1.15. The van der Waals surface area contributed by atoms with Crippen LogP contribution in [0.5, 0.6) is 0 Å². The number of carbonyl (C=O) groups excluding carboxylic acids is 1. The molecule has 2 aromatic rings. The van der Waals surface area contributed by atoms with Crippen molar-refractivity contribution in [3.63, 3.8) is 0 Å². The standard InChI is InChI=1S/C13H13N3O4/c1-8(13(19)20)15-11(17)6-16-7-14-10-5-3-2-4-9(10)12(16)18/h2-5,7-8H,6H2,1H3,(H,15,17)(H,19,20)/t8-/m0/s1. The van der Waals surface area contributed by atoms with Gasteiger partial charge in [0.05, 0.1) is 17.2 Å². The fourth-order valence-electron chi connectivity index (χ4n) is 1.72. The van der Waals surface area contributed by atoms with Crippen LogP contribution in [0.2, 0.25) is 0 Å². The average molecular weight is 275 g/mol. The normalized spacial score (nSPS) is 12.1. The summed E-state index contributed by atoms with van der Waals surface area (Å²) in [5.41, 5.74) is 0.210. The minimum absolute atomic E-state index is 0.270. The SMILES string of the molecule is C[C@H](NC(=O)Cn1cnc2ccccc2c1=O)C(=O)O. The van der Waals surface area contributed by atoms with Gasteiger partial charge in [0.1, 0.15) is 12.6 Å². The Bertz CT molecular complexity index is 723. The Balaban J connectivity index is 2.22. The van der Waals surface area contributed by atoms with Gasteiger partial charge in [-0.1, -0.05) is 12.1 Å². The first kappa shape index (κ1) is 13.7. The van der Waals surface area contributed by atoms with Crippen LogP contribution in [0.4, 0.5) is 0 Å². The molecular weight excluding hydrogens is 262 g/mol. The topological polar surface area (TPSA) is 101 Å². The highest BCUT2D eigenvalue weighted by Gasteiger charge is 2.15. The number of carboxylic acid groups (broad SMARTS) is 1. The van der Waals surface area contributed by atoms with E-state index >= 15 is 0 Å². The molecule has 2 N–H and O–H groups in total. The summed E-state index contributed by atoms with van der Waals surface area (Å²) in [5.74, 6) is -1.69. The summed E-state index contributed by atoms with van der Waals surface area (Å²) in [6.07, 6.45) is 1.27. The lowest BCUT2D eigenvalue weighted by atomic mass is 10.2. The van der Waals surface area contributed by atoms with E-state index in [1.807, 2.05) is 0 Å². The van der Waals surface area contributed by atoms with Gasteiger partial charge < -0.3 is 10.4 Å². The van der Waals surface area contributed by atoms with E-state index in [4.69, 9.17) is 5.11 Å².